The number of ether oxygens (including phenoxy) is 1. The van der Waals surface area contributed by atoms with E-state index in [1.54, 1.807) is 24.8 Å². The largest absolute Gasteiger partial charge is 0.487 e. The summed E-state index contributed by atoms with van der Waals surface area (Å²) in [7, 11) is 0. The topological polar surface area (TPSA) is 72.0 Å². The molecule has 1 saturated heterocycles. The van der Waals surface area contributed by atoms with E-state index in [9.17, 15) is 0 Å². The van der Waals surface area contributed by atoms with E-state index in [2.05, 4.69) is 25.6 Å². The first-order chi connectivity index (χ1) is 12.3. The average molecular weight is 356 g/mol. The minimum absolute atomic E-state index is 0.197. The van der Waals surface area contributed by atoms with Gasteiger partial charge in [0.25, 0.3) is 0 Å². The molecule has 4 rings (SSSR count). The van der Waals surface area contributed by atoms with Crippen LogP contribution in [0.5, 0.6) is 5.75 Å². The maximum atomic E-state index is 6.38. The molecule has 1 aliphatic heterocycles. The van der Waals surface area contributed by atoms with Gasteiger partial charge in [-0.1, -0.05) is 11.6 Å². The lowest BCUT2D eigenvalue weighted by molar-refractivity contribution is 0.224. The highest BCUT2D eigenvalue weighted by Gasteiger charge is 2.17. The molecule has 1 atom stereocenters. The highest BCUT2D eigenvalue weighted by atomic mass is 35.5. The lowest BCUT2D eigenvalue weighted by Crippen LogP contribution is -2.20. The van der Waals surface area contributed by atoms with Gasteiger partial charge in [-0.05, 0) is 30.7 Å². The van der Waals surface area contributed by atoms with E-state index in [1.807, 2.05) is 18.2 Å². The van der Waals surface area contributed by atoms with Crippen molar-refractivity contribution in [2.24, 2.45) is 0 Å². The summed E-state index contributed by atoms with van der Waals surface area (Å²) in [6, 6.07) is 5.68. The van der Waals surface area contributed by atoms with E-state index in [1.165, 1.54) is 0 Å². The van der Waals surface area contributed by atoms with Crippen LogP contribution < -0.4 is 15.4 Å². The van der Waals surface area contributed by atoms with Crippen LogP contribution >= 0.6 is 11.6 Å². The second-order valence-electron chi connectivity index (χ2n) is 5.95. The van der Waals surface area contributed by atoms with Crippen molar-refractivity contribution in [2.45, 2.75) is 19.1 Å². The minimum atomic E-state index is 0.197. The maximum Gasteiger partial charge on any atom is 0.146 e. The molecule has 0 unspecified atom stereocenters. The molecule has 6 nitrogen and oxygen atoms in total. The van der Waals surface area contributed by atoms with Crippen LogP contribution in [-0.2, 0) is 6.54 Å². The first-order valence-electron chi connectivity index (χ1n) is 8.24. The smallest absolute Gasteiger partial charge is 0.146 e. The summed E-state index contributed by atoms with van der Waals surface area (Å²) < 4.78 is 6.08. The third kappa shape index (κ3) is 3.65. The molecule has 0 spiro atoms. The Balaban J connectivity index is 1.52. The SMILES string of the molecule is Clc1cc2nccnc2cc1CNc1cnccc1O[C@@H]1CCNC1. The summed E-state index contributed by atoms with van der Waals surface area (Å²) in [4.78, 5) is 12.8. The van der Waals surface area contributed by atoms with Crippen LogP contribution in [0.15, 0.2) is 43.0 Å². The number of hydrogen-bond donors (Lipinski definition) is 2. The number of halogens is 1. The van der Waals surface area contributed by atoms with E-state index in [0.717, 1.165) is 47.5 Å². The molecule has 3 heterocycles. The van der Waals surface area contributed by atoms with Gasteiger partial charge in [0.1, 0.15) is 11.9 Å². The van der Waals surface area contributed by atoms with Crippen LogP contribution in [0.3, 0.4) is 0 Å². The van der Waals surface area contributed by atoms with E-state index >= 15 is 0 Å². The third-order valence-electron chi connectivity index (χ3n) is 4.20. The molecule has 128 valence electrons. The van der Waals surface area contributed by atoms with Gasteiger partial charge in [-0.3, -0.25) is 15.0 Å². The van der Waals surface area contributed by atoms with Gasteiger partial charge in [-0.2, -0.15) is 0 Å². The lowest BCUT2D eigenvalue weighted by atomic mass is 10.2. The van der Waals surface area contributed by atoms with Crippen LogP contribution in [0.25, 0.3) is 11.0 Å². The summed E-state index contributed by atoms with van der Waals surface area (Å²) in [5, 5.41) is 7.33. The van der Waals surface area contributed by atoms with Crippen molar-refractivity contribution >= 4 is 28.3 Å². The van der Waals surface area contributed by atoms with E-state index in [4.69, 9.17) is 16.3 Å². The number of aromatic nitrogens is 3. The van der Waals surface area contributed by atoms with Gasteiger partial charge in [0.2, 0.25) is 0 Å². The summed E-state index contributed by atoms with van der Waals surface area (Å²) in [5.74, 6) is 0.806. The number of anilines is 1. The zero-order chi connectivity index (χ0) is 17.1. The molecule has 3 aromatic rings. The van der Waals surface area contributed by atoms with E-state index in [0.29, 0.717) is 11.6 Å². The second-order valence-corrected chi connectivity index (χ2v) is 6.35. The van der Waals surface area contributed by atoms with Gasteiger partial charge in [-0.25, -0.2) is 0 Å². The van der Waals surface area contributed by atoms with Gasteiger partial charge >= 0.3 is 0 Å². The highest BCUT2D eigenvalue weighted by Crippen LogP contribution is 2.27. The quantitative estimate of drug-likeness (QED) is 0.733. The van der Waals surface area contributed by atoms with Crippen molar-refractivity contribution in [1.82, 2.24) is 20.3 Å². The molecule has 1 fully saturated rings. The number of rotatable bonds is 5. The molecule has 0 aliphatic carbocycles. The Bertz CT molecular complexity index is 882. The Morgan fingerprint density at radius 3 is 2.84 bits per heavy atom. The number of benzene rings is 1. The molecule has 0 radical (unpaired) electrons. The summed E-state index contributed by atoms with van der Waals surface area (Å²) in [6.07, 6.45) is 8.05. The Hall–Kier alpha value is -2.44. The third-order valence-corrected chi connectivity index (χ3v) is 4.55. The molecule has 25 heavy (non-hydrogen) atoms. The van der Waals surface area contributed by atoms with Crippen molar-refractivity contribution < 1.29 is 4.74 Å². The highest BCUT2D eigenvalue weighted by molar-refractivity contribution is 6.32. The number of fused-ring (bicyclic) bond motifs is 1. The van der Waals surface area contributed by atoms with Crippen LogP contribution in [0, 0.1) is 0 Å². The molecule has 2 aromatic heterocycles. The molecule has 2 N–H and O–H groups in total. The van der Waals surface area contributed by atoms with E-state index < -0.39 is 0 Å². The maximum absolute atomic E-state index is 6.38. The number of pyridine rings is 1. The summed E-state index contributed by atoms with van der Waals surface area (Å²) in [5.41, 5.74) is 3.41. The summed E-state index contributed by atoms with van der Waals surface area (Å²) >= 11 is 6.38. The number of nitrogens with zero attached hydrogens (tertiary/aromatic N) is 3. The number of hydrogen-bond acceptors (Lipinski definition) is 6. The van der Waals surface area contributed by atoms with Gasteiger partial charge in [0.15, 0.2) is 0 Å². The van der Waals surface area contributed by atoms with Crippen molar-refractivity contribution in [3.05, 3.63) is 53.6 Å². The molecule has 1 aliphatic rings. The van der Waals surface area contributed by atoms with Crippen molar-refractivity contribution in [3.63, 3.8) is 0 Å². The zero-order valence-electron chi connectivity index (χ0n) is 13.6. The van der Waals surface area contributed by atoms with Gasteiger partial charge in [-0.15, -0.1) is 0 Å². The van der Waals surface area contributed by atoms with Crippen LogP contribution in [0.4, 0.5) is 5.69 Å². The molecule has 1 aromatic carbocycles. The van der Waals surface area contributed by atoms with Crippen molar-refractivity contribution in [1.29, 1.82) is 0 Å². The summed E-state index contributed by atoms with van der Waals surface area (Å²) in [6.45, 7) is 2.42. The van der Waals surface area contributed by atoms with Crippen LogP contribution in [-0.4, -0.2) is 34.1 Å². The number of nitrogens with one attached hydrogen (secondary N) is 2. The van der Waals surface area contributed by atoms with Gasteiger partial charge in [0, 0.05) is 42.8 Å². The van der Waals surface area contributed by atoms with Gasteiger partial charge in [0.05, 0.1) is 22.9 Å². The predicted octanol–water partition coefficient (Wildman–Crippen LogP) is 3.03. The fourth-order valence-corrected chi connectivity index (χ4v) is 3.10. The average Bonchev–Trinajstić information content (AvgIpc) is 3.14. The minimum Gasteiger partial charge on any atom is -0.487 e. The second kappa shape index (κ2) is 7.21. The van der Waals surface area contributed by atoms with Crippen molar-refractivity contribution in [2.75, 3.05) is 18.4 Å². The Morgan fingerprint density at radius 1 is 1.20 bits per heavy atom. The first-order valence-corrected chi connectivity index (χ1v) is 8.62. The zero-order valence-corrected chi connectivity index (χ0v) is 14.3. The monoisotopic (exact) mass is 355 g/mol. The fraction of sp³-hybridized carbons (Fsp3) is 0.278. The molecule has 7 heteroatoms. The van der Waals surface area contributed by atoms with Gasteiger partial charge < -0.3 is 15.4 Å². The molecular weight excluding hydrogens is 338 g/mol. The fourth-order valence-electron chi connectivity index (χ4n) is 2.88. The normalized spacial score (nSPS) is 16.9. The van der Waals surface area contributed by atoms with Crippen LogP contribution in [0.2, 0.25) is 5.02 Å². The predicted molar refractivity (Wildman–Crippen MR) is 98.0 cm³/mol. The molecule has 0 amide bonds. The van der Waals surface area contributed by atoms with Crippen LogP contribution in [0.1, 0.15) is 12.0 Å². The molecule has 0 bridgehead atoms. The Kier molecular flexibility index (Phi) is 4.63. The molecular formula is C18H18ClN5O. The lowest BCUT2D eigenvalue weighted by Gasteiger charge is -2.17. The Morgan fingerprint density at radius 2 is 2.04 bits per heavy atom. The first kappa shape index (κ1) is 16.1. The standard InChI is InChI=1S/C18H18ClN5O/c19-14-8-16-15(22-5-6-23-16)7-12(14)9-24-17-11-21-4-2-18(17)25-13-1-3-20-10-13/h2,4-8,11,13,20,24H,1,3,9-10H2/t13-/m1/s1. The van der Waals surface area contributed by atoms with E-state index in [-0.39, 0.29) is 6.10 Å². The molecule has 0 saturated carbocycles. The van der Waals surface area contributed by atoms with Crippen molar-refractivity contribution in [3.8, 4) is 5.75 Å². The Labute approximate surface area is 150 Å².